The van der Waals surface area contributed by atoms with Crippen LogP contribution < -0.4 is 4.90 Å². The number of nitrogens with zero attached hydrogens (tertiary/aromatic N) is 5. The van der Waals surface area contributed by atoms with Crippen LogP contribution in [0.25, 0.3) is 16.4 Å². The average molecular weight is 478 g/mol. The summed E-state index contributed by atoms with van der Waals surface area (Å²) in [4.78, 5) is 22.6. The molecule has 1 fully saturated rings. The summed E-state index contributed by atoms with van der Waals surface area (Å²) in [6, 6.07) is 18.0. The van der Waals surface area contributed by atoms with E-state index >= 15 is 0 Å². The van der Waals surface area contributed by atoms with Crippen molar-refractivity contribution >= 4 is 22.9 Å². The molecular formula is C25H24FN5O2S. The van der Waals surface area contributed by atoms with Crippen molar-refractivity contribution < 1.29 is 13.9 Å². The number of anilines is 1. The zero-order chi connectivity index (χ0) is 23.5. The van der Waals surface area contributed by atoms with E-state index in [2.05, 4.69) is 21.0 Å². The van der Waals surface area contributed by atoms with Crippen molar-refractivity contribution in [1.29, 1.82) is 0 Å². The van der Waals surface area contributed by atoms with Crippen LogP contribution in [-0.4, -0.2) is 58.9 Å². The average Bonchev–Trinajstić information content (AvgIpc) is 3.55. The van der Waals surface area contributed by atoms with Crippen molar-refractivity contribution in [3.8, 4) is 16.4 Å². The molecule has 1 amide bonds. The van der Waals surface area contributed by atoms with E-state index in [1.165, 1.54) is 28.2 Å². The molecule has 174 valence electrons. The number of para-hydroxylation sites is 1. The van der Waals surface area contributed by atoms with Crippen LogP contribution >= 0.6 is 11.3 Å². The zero-order valence-corrected chi connectivity index (χ0v) is 19.5. The highest BCUT2D eigenvalue weighted by atomic mass is 32.1. The lowest BCUT2D eigenvalue weighted by molar-refractivity contribution is 0.0773. The van der Waals surface area contributed by atoms with Crippen molar-refractivity contribution in [2.75, 3.05) is 38.3 Å². The van der Waals surface area contributed by atoms with Crippen LogP contribution in [0.15, 0.2) is 66.0 Å². The molecule has 34 heavy (non-hydrogen) atoms. The number of hydrogen-bond donors (Lipinski definition) is 0. The van der Waals surface area contributed by atoms with E-state index in [9.17, 15) is 9.18 Å². The standard InChI is InChI=1S/C25H24FN5O2S/c1-29(17-18-6-2-3-9-21(18)30-11-13-33-14-12-30)25(32)23-27-24(22-10-5-15-34-22)31(28-23)20-8-4-7-19(26)16-20/h2-10,15-16H,11-14,17H2,1H3. The molecule has 0 saturated carbocycles. The molecule has 5 rings (SSSR count). The summed E-state index contributed by atoms with van der Waals surface area (Å²) in [6.07, 6.45) is 0. The Kier molecular flexibility index (Phi) is 6.37. The fraction of sp³-hybridized carbons (Fsp3) is 0.240. The molecule has 0 unspecified atom stereocenters. The third-order valence-electron chi connectivity index (χ3n) is 5.69. The number of thiophene rings is 1. The van der Waals surface area contributed by atoms with E-state index in [0.29, 0.717) is 31.3 Å². The molecule has 2 aromatic carbocycles. The Bertz CT molecular complexity index is 1280. The highest BCUT2D eigenvalue weighted by Gasteiger charge is 2.23. The summed E-state index contributed by atoms with van der Waals surface area (Å²) in [5.41, 5.74) is 2.65. The van der Waals surface area contributed by atoms with Crippen LogP contribution in [0.2, 0.25) is 0 Å². The normalized spacial score (nSPS) is 13.8. The van der Waals surface area contributed by atoms with Crippen molar-refractivity contribution in [3.05, 3.63) is 83.2 Å². The molecule has 1 saturated heterocycles. The number of aromatic nitrogens is 3. The molecule has 0 bridgehead atoms. The number of benzene rings is 2. The first-order chi connectivity index (χ1) is 16.6. The van der Waals surface area contributed by atoms with Gasteiger partial charge < -0.3 is 14.5 Å². The van der Waals surface area contributed by atoms with E-state index < -0.39 is 0 Å². The first-order valence-electron chi connectivity index (χ1n) is 11.0. The summed E-state index contributed by atoms with van der Waals surface area (Å²) in [5.74, 6) is -0.107. The summed E-state index contributed by atoms with van der Waals surface area (Å²) < 4.78 is 20.9. The fourth-order valence-corrected chi connectivity index (χ4v) is 4.71. The number of rotatable bonds is 6. The molecule has 0 aliphatic carbocycles. The van der Waals surface area contributed by atoms with Gasteiger partial charge in [0.15, 0.2) is 5.82 Å². The number of halogens is 1. The number of morpholine rings is 1. The molecule has 9 heteroatoms. The minimum atomic E-state index is -0.380. The van der Waals surface area contributed by atoms with E-state index in [-0.39, 0.29) is 17.5 Å². The Balaban J connectivity index is 1.44. The molecule has 1 aliphatic heterocycles. The summed E-state index contributed by atoms with van der Waals surface area (Å²) >= 11 is 1.49. The Hall–Kier alpha value is -3.56. The monoisotopic (exact) mass is 477 g/mol. The van der Waals surface area contributed by atoms with Crippen molar-refractivity contribution in [2.24, 2.45) is 0 Å². The highest BCUT2D eigenvalue weighted by Crippen LogP contribution is 2.27. The first kappa shape index (κ1) is 22.2. The van der Waals surface area contributed by atoms with Gasteiger partial charge in [0.2, 0.25) is 5.82 Å². The highest BCUT2D eigenvalue weighted by molar-refractivity contribution is 7.13. The van der Waals surface area contributed by atoms with Crippen molar-refractivity contribution in [1.82, 2.24) is 19.7 Å². The van der Waals surface area contributed by atoms with Gasteiger partial charge in [-0.25, -0.2) is 14.1 Å². The summed E-state index contributed by atoms with van der Waals surface area (Å²) in [5, 5.41) is 6.41. The molecular weight excluding hydrogens is 453 g/mol. The minimum absolute atomic E-state index is 0.0685. The van der Waals surface area contributed by atoms with Gasteiger partial charge in [0, 0.05) is 32.4 Å². The van der Waals surface area contributed by atoms with Crippen LogP contribution in [0, 0.1) is 5.82 Å². The lowest BCUT2D eigenvalue weighted by Gasteiger charge is -2.31. The first-order valence-corrected chi connectivity index (χ1v) is 11.9. The second-order valence-corrected chi connectivity index (χ2v) is 8.97. The van der Waals surface area contributed by atoms with E-state index in [1.807, 2.05) is 35.7 Å². The molecule has 3 heterocycles. The van der Waals surface area contributed by atoms with Crippen LogP contribution in [-0.2, 0) is 11.3 Å². The van der Waals surface area contributed by atoms with Gasteiger partial charge >= 0.3 is 0 Å². The molecule has 0 atom stereocenters. The molecule has 1 aliphatic rings. The number of carbonyl (C=O) groups excluding carboxylic acids is 1. The molecule has 4 aromatic rings. The maximum Gasteiger partial charge on any atom is 0.293 e. The number of ether oxygens (including phenoxy) is 1. The Morgan fingerprint density at radius 2 is 1.94 bits per heavy atom. The second kappa shape index (κ2) is 9.74. The Labute approximate surface area is 201 Å². The third kappa shape index (κ3) is 4.57. The van der Waals surface area contributed by atoms with Gasteiger partial charge in [-0.2, -0.15) is 0 Å². The molecule has 0 spiro atoms. The lowest BCUT2D eigenvalue weighted by atomic mass is 10.1. The molecule has 0 N–H and O–H groups in total. The smallest absolute Gasteiger partial charge is 0.293 e. The van der Waals surface area contributed by atoms with Gasteiger partial charge in [0.25, 0.3) is 5.91 Å². The number of amides is 1. The van der Waals surface area contributed by atoms with Crippen LogP contribution in [0.4, 0.5) is 10.1 Å². The second-order valence-electron chi connectivity index (χ2n) is 8.02. The third-order valence-corrected chi connectivity index (χ3v) is 6.56. The van der Waals surface area contributed by atoms with Crippen molar-refractivity contribution in [3.63, 3.8) is 0 Å². The molecule has 7 nitrogen and oxygen atoms in total. The largest absolute Gasteiger partial charge is 0.378 e. The van der Waals surface area contributed by atoms with E-state index in [1.54, 1.807) is 24.1 Å². The van der Waals surface area contributed by atoms with Gasteiger partial charge in [-0.3, -0.25) is 4.79 Å². The Morgan fingerprint density at radius 3 is 2.71 bits per heavy atom. The van der Waals surface area contributed by atoms with Gasteiger partial charge in [-0.1, -0.05) is 30.3 Å². The van der Waals surface area contributed by atoms with E-state index in [4.69, 9.17) is 4.74 Å². The Morgan fingerprint density at radius 1 is 1.12 bits per heavy atom. The quantitative estimate of drug-likeness (QED) is 0.416. The maximum absolute atomic E-state index is 13.9. The lowest BCUT2D eigenvalue weighted by Crippen LogP contribution is -2.37. The number of carbonyl (C=O) groups is 1. The predicted octanol–water partition coefficient (Wildman–Crippen LogP) is 4.24. The summed E-state index contributed by atoms with van der Waals surface area (Å²) in [6.45, 7) is 3.43. The van der Waals surface area contributed by atoms with Gasteiger partial charge in [-0.05, 0) is 41.3 Å². The maximum atomic E-state index is 13.9. The fourth-order valence-electron chi connectivity index (χ4n) is 4.01. The topological polar surface area (TPSA) is 63.5 Å². The van der Waals surface area contributed by atoms with Gasteiger partial charge in [0.1, 0.15) is 5.82 Å². The van der Waals surface area contributed by atoms with Crippen molar-refractivity contribution in [2.45, 2.75) is 6.54 Å². The summed E-state index contributed by atoms with van der Waals surface area (Å²) in [7, 11) is 1.74. The number of hydrogen-bond acceptors (Lipinski definition) is 6. The molecule has 0 radical (unpaired) electrons. The zero-order valence-electron chi connectivity index (χ0n) is 18.7. The SMILES string of the molecule is CN(Cc1ccccc1N1CCOCC1)C(=O)c1nc(-c2cccs2)n(-c2cccc(F)c2)n1. The van der Waals surface area contributed by atoms with Crippen LogP contribution in [0.5, 0.6) is 0 Å². The van der Waals surface area contributed by atoms with Crippen LogP contribution in [0.3, 0.4) is 0 Å². The van der Waals surface area contributed by atoms with E-state index in [0.717, 1.165) is 29.2 Å². The predicted molar refractivity (Wildman–Crippen MR) is 130 cm³/mol. The van der Waals surface area contributed by atoms with Gasteiger partial charge in [-0.15, -0.1) is 16.4 Å². The van der Waals surface area contributed by atoms with Gasteiger partial charge in [0.05, 0.1) is 23.8 Å². The van der Waals surface area contributed by atoms with Crippen LogP contribution in [0.1, 0.15) is 16.2 Å². The minimum Gasteiger partial charge on any atom is -0.378 e. The molecule has 2 aromatic heterocycles.